The van der Waals surface area contributed by atoms with Crippen molar-refractivity contribution in [2.24, 2.45) is 5.41 Å². The predicted molar refractivity (Wildman–Crippen MR) is 70.6 cm³/mol. The lowest BCUT2D eigenvalue weighted by Gasteiger charge is -2.16. The zero-order valence-electron chi connectivity index (χ0n) is 10.2. The van der Waals surface area contributed by atoms with Crippen LogP contribution >= 0.6 is 15.9 Å². The van der Waals surface area contributed by atoms with E-state index >= 15 is 0 Å². The fraction of sp³-hybridized carbons (Fsp3) is 0.385. The number of carbonyl (C=O) groups excluding carboxylic acids is 1. The van der Waals surface area contributed by atoms with Crippen LogP contribution in [-0.2, 0) is 0 Å². The highest BCUT2D eigenvalue weighted by Crippen LogP contribution is 2.18. The van der Waals surface area contributed by atoms with Gasteiger partial charge in [-0.05, 0) is 48.8 Å². The van der Waals surface area contributed by atoms with Gasteiger partial charge in [0.25, 0.3) is 5.91 Å². The van der Waals surface area contributed by atoms with Crippen LogP contribution < -0.4 is 5.32 Å². The number of halogens is 1. The van der Waals surface area contributed by atoms with Crippen LogP contribution in [0.4, 0.5) is 0 Å². The molecule has 0 saturated heterocycles. The Labute approximate surface area is 110 Å². The highest BCUT2D eigenvalue weighted by Gasteiger charge is 2.19. The normalized spacial score (nSPS) is 10.8. The summed E-state index contributed by atoms with van der Waals surface area (Å²) in [5.74, 6) is -0.163. The minimum absolute atomic E-state index is 0.163. The van der Waals surface area contributed by atoms with Crippen molar-refractivity contribution in [3.63, 3.8) is 0 Å². The molecule has 0 unspecified atom stereocenters. The van der Waals surface area contributed by atoms with Crippen LogP contribution in [0, 0.1) is 23.7 Å². The number of benzene rings is 1. The van der Waals surface area contributed by atoms with Gasteiger partial charge in [0.1, 0.15) is 0 Å². The van der Waals surface area contributed by atoms with Gasteiger partial charge in [0.2, 0.25) is 0 Å². The van der Waals surface area contributed by atoms with Crippen LogP contribution in [0.25, 0.3) is 0 Å². The average molecular weight is 295 g/mol. The lowest BCUT2D eigenvalue weighted by atomic mass is 9.96. The summed E-state index contributed by atoms with van der Waals surface area (Å²) in [7, 11) is 0. The number of aryl methyl sites for hydroxylation is 1. The predicted octanol–water partition coefficient (Wildman–Crippen LogP) is 3.04. The summed E-state index contributed by atoms with van der Waals surface area (Å²) in [6.45, 7) is 5.85. The number of nitrogens with zero attached hydrogens (tertiary/aromatic N) is 1. The molecule has 1 rings (SSSR count). The third-order valence-corrected chi connectivity index (χ3v) is 3.05. The summed E-state index contributed by atoms with van der Waals surface area (Å²) in [6, 6.07) is 7.74. The number of carbonyl (C=O) groups is 1. The molecule has 0 bridgehead atoms. The van der Waals surface area contributed by atoms with Crippen molar-refractivity contribution in [1.29, 1.82) is 5.26 Å². The highest BCUT2D eigenvalue weighted by atomic mass is 79.9. The molecule has 0 aromatic heterocycles. The van der Waals surface area contributed by atoms with Crippen molar-refractivity contribution in [3.8, 4) is 6.07 Å². The molecule has 0 aliphatic rings. The minimum Gasteiger partial charge on any atom is -0.350 e. The van der Waals surface area contributed by atoms with Gasteiger partial charge in [-0.25, -0.2) is 0 Å². The Morgan fingerprint density at radius 2 is 2.18 bits per heavy atom. The Morgan fingerprint density at radius 3 is 2.76 bits per heavy atom. The van der Waals surface area contributed by atoms with Gasteiger partial charge in [0.05, 0.1) is 17.0 Å². The third kappa shape index (κ3) is 3.86. The van der Waals surface area contributed by atoms with Gasteiger partial charge in [-0.1, -0.05) is 11.6 Å². The molecule has 0 fully saturated rings. The van der Waals surface area contributed by atoms with E-state index in [2.05, 4.69) is 27.3 Å². The van der Waals surface area contributed by atoms with E-state index in [1.54, 1.807) is 13.8 Å². The Balaban J connectivity index is 2.78. The van der Waals surface area contributed by atoms with Crippen molar-refractivity contribution < 1.29 is 4.79 Å². The molecule has 1 N–H and O–H groups in total. The van der Waals surface area contributed by atoms with Gasteiger partial charge < -0.3 is 5.32 Å². The number of rotatable bonds is 3. The van der Waals surface area contributed by atoms with Crippen LogP contribution in [0.1, 0.15) is 29.8 Å². The Bertz CT molecular complexity index is 475. The second-order valence-electron chi connectivity index (χ2n) is 4.66. The maximum Gasteiger partial charge on any atom is 0.252 e. The molecule has 1 aromatic carbocycles. The summed E-state index contributed by atoms with van der Waals surface area (Å²) in [5.41, 5.74) is 1.07. The summed E-state index contributed by atoms with van der Waals surface area (Å²) >= 11 is 3.34. The first-order valence-corrected chi connectivity index (χ1v) is 6.10. The molecule has 0 spiro atoms. The Kier molecular flexibility index (Phi) is 4.30. The fourth-order valence-corrected chi connectivity index (χ4v) is 1.68. The summed E-state index contributed by atoms with van der Waals surface area (Å²) in [4.78, 5) is 11.9. The number of nitriles is 1. The number of amides is 1. The monoisotopic (exact) mass is 294 g/mol. The first kappa shape index (κ1) is 13.7. The van der Waals surface area contributed by atoms with Crippen molar-refractivity contribution in [3.05, 3.63) is 33.8 Å². The molecule has 0 heterocycles. The molecule has 90 valence electrons. The first-order chi connectivity index (χ1) is 7.85. The van der Waals surface area contributed by atoms with Crippen LogP contribution in [0.2, 0.25) is 0 Å². The molecule has 4 heteroatoms. The van der Waals surface area contributed by atoms with Crippen LogP contribution in [0.5, 0.6) is 0 Å². The highest BCUT2D eigenvalue weighted by molar-refractivity contribution is 9.10. The van der Waals surface area contributed by atoms with E-state index in [0.717, 1.165) is 10.0 Å². The van der Waals surface area contributed by atoms with Gasteiger partial charge in [0.15, 0.2) is 0 Å². The molecular formula is C13H15BrN2O. The molecule has 3 nitrogen and oxygen atoms in total. The molecule has 1 amide bonds. The van der Waals surface area contributed by atoms with Crippen molar-refractivity contribution >= 4 is 21.8 Å². The van der Waals surface area contributed by atoms with Gasteiger partial charge in [0, 0.05) is 11.0 Å². The second-order valence-corrected chi connectivity index (χ2v) is 5.52. The molecule has 1 aromatic rings. The smallest absolute Gasteiger partial charge is 0.252 e. The van der Waals surface area contributed by atoms with E-state index in [1.807, 2.05) is 25.1 Å². The average Bonchev–Trinajstić information content (AvgIpc) is 2.29. The van der Waals surface area contributed by atoms with Crippen molar-refractivity contribution in [1.82, 2.24) is 5.32 Å². The molecule has 0 saturated carbocycles. The van der Waals surface area contributed by atoms with Gasteiger partial charge in [-0.15, -0.1) is 0 Å². The van der Waals surface area contributed by atoms with Crippen molar-refractivity contribution in [2.45, 2.75) is 20.8 Å². The largest absolute Gasteiger partial charge is 0.350 e. The summed E-state index contributed by atoms with van der Waals surface area (Å²) < 4.78 is 0.760. The molecule has 0 aliphatic heterocycles. The fourth-order valence-electron chi connectivity index (χ4n) is 1.25. The quantitative estimate of drug-likeness (QED) is 0.931. The zero-order valence-corrected chi connectivity index (χ0v) is 11.8. The van der Waals surface area contributed by atoms with Crippen LogP contribution in [0.15, 0.2) is 22.7 Å². The Hall–Kier alpha value is -1.34. The summed E-state index contributed by atoms with van der Waals surface area (Å²) in [6.07, 6.45) is 0. The van der Waals surface area contributed by atoms with E-state index < -0.39 is 5.41 Å². The van der Waals surface area contributed by atoms with E-state index in [-0.39, 0.29) is 5.91 Å². The van der Waals surface area contributed by atoms with Gasteiger partial charge in [-0.3, -0.25) is 4.79 Å². The topological polar surface area (TPSA) is 52.9 Å². The maximum absolute atomic E-state index is 11.9. The number of hydrogen-bond donors (Lipinski definition) is 1. The van der Waals surface area contributed by atoms with E-state index in [9.17, 15) is 4.79 Å². The van der Waals surface area contributed by atoms with Gasteiger partial charge in [-0.2, -0.15) is 5.26 Å². The molecule has 17 heavy (non-hydrogen) atoms. The second kappa shape index (κ2) is 5.33. The maximum atomic E-state index is 11.9. The molecular weight excluding hydrogens is 280 g/mol. The van der Waals surface area contributed by atoms with E-state index in [1.165, 1.54) is 0 Å². The zero-order chi connectivity index (χ0) is 13.1. The summed E-state index contributed by atoms with van der Waals surface area (Å²) in [5, 5.41) is 11.6. The SMILES string of the molecule is Cc1ccc(Br)c(C(=O)NCC(C)(C)C#N)c1. The number of nitrogens with one attached hydrogen (secondary N) is 1. The number of hydrogen-bond acceptors (Lipinski definition) is 2. The molecule has 0 atom stereocenters. The lowest BCUT2D eigenvalue weighted by Crippen LogP contribution is -2.33. The Morgan fingerprint density at radius 1 is 1.53 bits per heavy atom. The van der Waals surface area contributed by atoms with E-state index in [0.29, 0.717) is 12.1 Å². The minimum atomic E-state index is -0.550. The van der Waals surface area contributed by atoms with Crippen LogP contribution in [-0.4, -0.2) is 12.5 Å². The molecule has 0 aliphatic carbocycles. The standard InChI is InChI=1S/C13H15BrN2O/c1-9-4-5-11(14)10(6-9)12(17)16-8-13(2,3)7-15/h4-6H,8H2,1-3H3,(H,16,17). The van der Waals surface area contributed by atoms with E-state index in [4.69, 9.17) is 5.26 Å². The van der Waals surface area contributed by atoms with Gasteiger partial charge >= 0.3 is 0 Å². The van der Waals surface area contributed by atoms with Crippen molar-refractivity contribution in [2.75, 3.05) is 6.54 Å². The third-order valence-electron chi connectivity index (χ3n) is 2.36. The van der Waals surface area contributed by atoms with Crippen LogP contribution in [0.3, 0.4) is 0 Å². The molecule has 0 radical (unpaired) electrons. The lowest BCUT2D eigenvalue weighted by molar-refractivity contribution is 0.0943. The first-order valence-electron chi connectivity index (χ1n) is 5.31.